The predicted octanol–water partition coefficient (Wildman–Crippen LogP) is 4.53. The Morgan fingerprint density at radius 3 is 2.27 bits per heavy atom. The van der Waals surface area contributed by atoms with Gasteiger partial charge in [-0.2, -0.15) is 0 Å². The summed E-state index contributed by atoms with van der Waals surface area (Å²) >= 11 is 0. The van der Waals surface area contributed by atoms with Gasteiger partial charge in [-0.15, -0.1) is 0 Å². The maximum atomic E-state index is 2.42. The first-order valence-electron chi connectivity index (χ1n) is 6.23. The minimum atomic E-state index is 0.807. The minimum absolute atomic E-state index is 0.807. The second kappa shape index (κ2) is 4.38. The molecule has 15 heavy (non-hydrogen) atoms. The van der Waals surface area contributed by atoms with Crippen LogP contribution in [0.4, 0.5) is 0 Å². The molecular formula is C15H22. The van der Waals surface area contributed by atoms with Gasteiger partial charge in [-0.05, 0) is 43.1 Å². The van der Waals surface area contributed by atoms with E-state index in [1.807, 2.05) is 0 Å². The quantitative estimate of drug-likeness (QED) is 0.627. The number of rotatable bonds is 1. The Bertz CT molecular complexity index is 309. The molecule has 0 radical (unpaired) electrons. The second-order valence-corrected chi connectivity index (χ2v) is 5.41. The lowest BCUT2D eigenvalue weighted by Crippen LogP contribution is -2.19. The van der Waals surface area contributed by atoms with Crippen molar-refractivity contribution in [1.82, 2.24) is 0 Å². The van der Waals surface area contributed by atoms with Crippen LogP contribution in [-0.2, 0) is 0 Å². The Labute approximate surface area is 93.7 Å². The van der Waals surface area contributed by atoms with E-state index in [1.165, 1.54) is 24.8 Å². The molecule has 0 bridgehead atoms. The van der Waals surface area contributed by atoms with Crippen molar-refractivity contribution in [1.29, 1.82) is 0 Å². The highest BCUT2D eigenvalue weighted by Gasteiger charge is 2.26. The zero-order valence-electron chi connectivity index (χ0n) is 10.2. The van der Waals surface area contributed by atoms with Gasteiger partial charge in [0.1, 0.15) is 0 Å². The van der Waals surface area contributed by atoms with E-state index in [-0.39, 0.29) is 0 Å². The first-order chi connectivity index (χ1) is 7.16. The van der Waals surface area contributed by atoms with Crippen LogP contribution < -0.4 is 0 Å². The first-order valence-corrected chi connectivity index (χ1v) is 6.23. The zero-order chi connectivity index (χ0) is 10.8. The van der Waals surface area contributed by atoms with Gasteiger partial charge in [0, 0.05) is 0 Å². The van der Waals surface area contributed by atoms with Crippen molar-refractivity contribution >= 4 is 0 Å². The fourth-order valence-corrected chi connectivity index (χ4v) is 2.97. The minimum Gasteiger partial charge on any atom is -0.0625 e. The fourth-order valence-electron chi connectivity index (χ4n) is 2.97. The molecule has 1 saturated carbocycles. The zero-order valence-corrected chi connectivity index (χ0v) is 10.2. The van der Waals surface area contributed by atoms with E-state index in [9.17, 15) is 0 Å². The molecule has 0 saturated heterocycles. The largest absolute Gasteiger partial charge is 0.0625 e. The van der Waals surface area contributed by atoms with Crippen LogP contribution >= 0.6 is 0 Å². The van der Waals surface area contributed by atoms with Gasteiger partial charge in [0.05, 0.1) is 0 Å². The molecule has 3 atom stereocenters. The standard InChI is InChI=1S/C15H22/c1-11-4-7-14(8-5-11)15-9-6-12(2)10-13(15)3/h4-5,7-8,12-13,15H,6,9-10H2,1-3H3. The third-order valence-corrected chi connectivity index (χ3v) is 3.94. The lowest BCUT2D eigenvalue weighted by atomic mass is 9.72. The Hall–Kier alpha value is -0.780. The molecule has 82 valence electrons. The second-order valence-electron chi connectivity index (χ2n) is 5.41. The molecule has 0 heteroatoms. The van der Waals surface area contributed by atoms with Gasteiger partial charge in [-0.3, -0.25) is 0 Å². The van der Waals surface area contributed by atoms with Gasteiger partial charge >= 0.3 is 0 Å². The maximum Gasteiger partial charge on any atom is -0.0136 e. The molecule has 0 nitrogen and oxygen atoms in total. The SMILES string of the molecule is Cc1ccc(C2CCC(C)CC2C)cc1. The molecule has 0 amide bonds. The molecule has 2 rings (SSSR count). The summed E-state index contributed by atoms with van der Waals surface area (Å²) in [5.74, 6) is 2.60. The number of hydrogen-bond donors (Lipinski definition) is 0. The smallest absolute Gasteiger partial charge is 0.0136 e. The van der Waals surface area contributed by atoms with E-state index in [1.54, 1.807) is 5.56 Å². The highest BCUT2D eigenvalue weighted by atomic mass is 14.3. The van der Waals surface area contributed by atoms with Crippen LogP contribution in [0, 0.1) is 18.8 Å². The van der Waals surface area contributed by atoms with Gasteiger partial charge < -0.3 is 0 Å². The molecule has 1 aromatic rings. The summed E-state index contributed by atoms with van der Waals surface area (Å²) < 4.78 is 0. The first kappa shape index (κ1) is 10.7. The van der Waals surface area contributed by atoms with Gasteiger partial charge in [0.2, 0.25) is 0 Å². The molecule has 1 aliphatic rings. The van der Waals surface area contributed by atoms with Crippen LogP contribution in [0.25, 0.3) is 0 Å². The van der Waals surface area contributed by atoms with E-state index in [0.29, 0.717) is 0 Å². The van der Waals surface area contributed by atoms with Gasteiger partial charge in [-0.25, -0.2) is 0 Å². The molecule has 1 fully saturated rings. The molecule has 1 aliphatic carbocycles. The van der Waals surface area contributed by atoms with Gasteiger partial charge in [0.25, 0.3) is 0 Å². The molecule has 3 unspecified atom stereocenters. The lowest BCUT2D eigenvalue weighted by molar-refractivity contribution is 0.262. The molecule has 0 heterocycles. The van der Waals surface area contributed by atoms with Crippen LogP contribution in [0.5, 0.6) is 0 Å². The molecule has 0 aliphatic heterocycles. The normalized spacial score (nSPS) is 31.5. The van der Waals surface area contributed by atoms with Crippen molar-refractivity contribution < 1.29 is 0 Å². The molecule has 0 aromatic heterocycles. The summed E-state index contributed by atoms with van der Waals surface area (Å²) in [6.45, 7) is 6.97. The summed E-state index contributed by atoms with van der Waals surface area (Å²) in [5.41, 5.74) is 2.93. The number of hydrogen-bond acceptors (Lipinski definition) is 0. The van der Waals surface area contributed by atoms with Crippen LogP contribution in [-0.4, -0.2) is 0 Å². The van der Waals surface area contributed by atoms with Crippen LogP contribution in [0.2, 0.25) is 0 Å². The Balaban J connectivity index is 2.13. The van der Waals surface area contributed by atoms with E-state index < -0.39 is 0 Å². The monoisotopic (exact) mass is 202 g/mol. The van der Waals surface area contributed by atoms with Crippen LogP contribution in [0.3, 0.4) is 0 Å². The van der Waals surface area contributed by atoms with Crippen LogP contribution in [0.15, 0.2) is 24.3 Å². The van der Waals surface area contributed by atoms with E-state index >= 15 is 0 Å². The van der Waals surface area contributed by atoms with E-state index in [2.05, 4.69) is 45.0 Å². The molecule has 1 aromatic carbocycles. The summed E-state index contributed by atoms with van der Waals surface area (Å²) in [5, 5.41) is 0. The Morgan fingerprint density at radius 2 is 1.67 bits per heavy atom. The molecule has 0 N–H and O–H groups in total. The Morgan fingerprint density at radius 1 is 1.00 bits per heavy atom. The lowest BCUT2D eigenvalue weighted by Gasteiger charge is -2.33. The van der Waals surface area contributed by atoms with Crippen molar-refractivity contribution in [3.63, 3.8) is 0 Å². The van der Waals surface area contributed by atoms with E-state index in [4.69, 9.17) is 0 Å². The number of aryl methyl sites for hydroxylation is 1. The third-order valence-electron chi connectivity index (χ3n) is 3.94. The number of benzene rings is 1. The maximum absolute atomic E-state index is 2.42. The van der Waals surface area contributed by atoms with Crippen molar-refractivity contribution in [3.8, 4) is 0 Å². The topological polar surface area (TPSA) is 0 Å². The average molecular weight is 202 g/mol. The van der Waals surface area contributed by atoms with Crippen molar-refractivity contribution in [2.45, 2.75) is 46.0 Å². The highest BCUT2D eigenvalue weighted by molar-refractivity contribution is 5.25. The fraction of sp³-hybridized carbons (Fsp3) is 0.600. The molecular weight excluding hydrogens is 180 g/mol. The van der Waals surface area contributed by atoms with Gasteiger partial charge in [-0.1, -0.05) is 50.1 Å². The summed E-state index contributed by atoms with van der Waals surface area (Å²) in [6.07, 6.45) is 4.19. The van der Waals surface area contributed by atoms with E-state index in [0.717, 1.165) is 17.8 Å². The summed E-state index contributed by atoms with van der Waals surface area (Å²) in [6, 6.07) is 9.15. The molecule has 0 spiro atoms. The summed E-state index contributed by atoms with van der Waals surface area (Å²) in [4.78, 5) is 0. The van der Waals surface area contributed by atoms with Crippen molar-refractivity contribution in [3.05, 3.63) is 35.4 Å². The van der Waals surface area contributed by atoms with Crippen LogP contribution in [0.1, 0.15) is 50.2 Å². The van der Waals surface area contributed by atoms with Crippen molar-refractivity contribution in [2.24, 2.45) is 11.8 Å². The average Bonchev–Trinajstić information content (AvgIpc) is 2.20. The Kier molecular flexibility index (Phi) is 3.14. The highest BCUT2D eigenvalue weighted by Crippen LogP contribution is 2.39. The van der Waals surface area contributed by atoms with Crippen molar-refractivity contribution in [2.75, 3.05) is 0 Å². The summed E-state index contributed by atoms with van der Waals surface area (Å²) in [7, 11) is 0. The van der Waals surface area contributed by atoms with Gasteiger partial charge in [0.15, 0.2) is 0 Å². The predicted molar refractivity (Wildman–Crippen MR) is 66.1 cm³/mol. The third kappa shape index (κ3) is 2.42.